The Morgan fingerprint density at radius 3 is 2.85 bits per heavy atom. The van der Waals surface area contributed by atoms with Gasteiger partial charge in [-0.25, -0.2) is 4.52 Å². The Bertz CT molecular complexity index is 648. The van der Waals surface area contributed by atoms with Gasteiger partial charge in [0.2, 0.25) is 0 Å². The Labute approximate surface area is 115 Å². The average Bonchev–Trinajstić information content (AvgIpc) is 2.80. The molecule has 0 unspecified atom stereocenters. The zero-order valence-electron chi connectivity index (χ0n) is 11.3. The molecule has 0 spiro atoms. The maximum Gasteiger partial charge on any atom is 0.303 e. The van der Waals surface area contributed by atoms with Crippen molar-refractivity contribution in [1.82, 2.24) is 19.9 Å². The maximum atomic E-state index is 12.2. The van der Waals surface area contributed by atoms with Gasteiger partial charge in [0.25, 0.3) is 5.91 Å². The third-order valence-corrected chi connectivity index (χ3v) is 2.99. The Balaban J connectivity index is 2.13. The van der Waals surface area contributed by atoms with Crippen molar-refractivity contribution in [1.29, 1.82) is 0 Å². The third kappa shape index (κ3) is 3.11. The minimum Gasteiger partial charge on any atom is -0.481 e. The highest BCUT2D eigenvalue weighted by molar-refractivity contribution is 6.00. The summed E-state index contributed by atoms with van der Waals surface area (Å²) in [5.41, 5.74) is 0.423. The van der Waals surface area contributed by atoms with Gasteiger partial charge in [0.1, 0.15) is 0 Å². The van der Waals surface area contributed by atoms with Crippen LogP contribution in [0.4, 0.5) is 0 Å². The van der Waals surface area contributed by atoms with Crippen LogP contribution in [0.2, 0.25) is 0 Å². The van der Waals surface area contributed by atoms with Crippen LogP contribution in [-0.2, 0) is 4.79 Å². The number of nitrogens with one attached hydrogen (secondary N) is 1. The highest BCUT2D eigenvalue weighted by atomic mass is 16.4. The molecule has 0 saturated carbocycles. The lowest BCUT2D eigenvalue weighted by Gasteiger charge is -2.25. The van der Waals surface area contributed by atoms with Crippen LogP contribution in [0.3, 0.4) is 0 Å². The molecule has 2 aromatic rings. The van der Waals surface area contributed by atoms with Gasteiger partial charge in [-0.3, -0.25) is 14.6 Å². The molecule has 0 bridgehead atoms. The lowest BCUT2D eigenvalue weighted by Crippen LogP contribution is -2.43. The van der Waals surface area contributed by atoms with E-state index in [-0.39, 0.29) is 12.3 Å². The van der Waals surface area contributed by atoms with Gasteiger partial charge in [0.15, 0.2) is 0 Å². The van der Waals surface area contributed by atoms with Crippen LogP contribution in [0.1, 0.15) is 37.0 Å². The van der Waals surface area contributed by atoms with Crippen molar-refractivity contribution < 1.29 is 14.7 Å². The molecule has 2 rings (SSSR count). The van der Waals surface area contributed by atoms with Crippen LogP contribution in [0, 0.1) is 0 Å². The monoisotopic (exact) mass is 276 g/mol. The summed E-state index contributed by atoms with van der Waals surface area (Å²) in [6.07, 6.45) is 6.63. The van der Waals surface area contributed by atoms with Crippen molar-refractivity contribution in [2.24, 2.45) is 0 Å². The fourth-order valence-corrected chi connectivity index (χ4v) is 1.87. The molecule has 106 valence electrons. The van der Waals surface area contributed by atoms with Gasteiger partial charge in [-0.1, -0.05) is 0 Å². The molecule has 2 aromatic heterocycles. The SMILES string of the molecule is CC(C)(CCC(=O)O)NC(=O)c1cnn2ccncc12. The molecule has 0 aliphatic carbocycles. The normalized spacial score (nSPS) is 11.5. The molecule has 0 aromatic carbocycles. The Hall–Kier alpha value is -2.44. The van der Waals surface area contributed by atoms with Crippen LogP contribution in [0.15, 0.2) is 24.8 Å². The minimum atomic E-state index is -0.882. The van der Waals surface area contributed by atoms with Crippen LogP contribution in [-0.4, -0.2) is 37.1 Å². The summed E-state index contributed by atoms with van der Waals surface area (Å²) < 4.78 is 1.56. The summed E-state index contributed by atoms with van der Waals surface area (Å²) in [6, 6.07) is 0. The van der Waals surface area contributed by atoms with Crippen molar-refractivity contribution in [2.75, 3.05) is 0 Å². The number of aliphatic carboxylic acids is 1. The molecule has 2 N–H and O–H groups in total. The molecule has 0 aliphatic rings. The predicted octanol–water partition coefficient (Wildman–Crippen LogP) is 1.10. The molecule has 0 aliphatic heterocycles. The van der Waals surface area contributed by atoms with Gasteiger partial charge in [-0.05, 0) is 20.3 Å². The zero-order chi connectivity index (χ0) is 14.8. The molecule has 0 radical (unpaired) electrons. The topological polar surface area (TPSA) is 96.6 Å². The van der Waals surface area contributed by atoms with E-state index >= 15 is 0 Å². The molecule has 1 amide bonds. The fraction of sp³-hybridized carbons (Fsp3) is 0.385. The van der Waals surface area contributed by atoms with Gasteiger partial charge >= 0.3 is 5.97 Å². The number of carboxylic acid groups (broad SMARTS) is 1. The first-order valence-electron chi connectivity index (χ1n) is 6.21. The van der Waals surface area contributed by atoms with Gasteiger partial charge in [-0.15, -0.1) is 0 Å². The molecular formula is C13H16N4O3. The Morgan fingerprint density at radius 2 is 2.15 bits per heavy atom. The van der Waals surface area contributed by atoms with Crippen molar-refractivity contribution in [3.63, 3.8) is 0 Å². The van der Waals surface area contributed by atoms with Crippen molar-refractivity contribution in [2.45, 2.75) is 32.2 Å². The van der Waals surface area contributed by atoms with Gasteiger partial charge in [-0.2, -0.15) is 5.10 Å². The van der Waals surface area contributed by atoms with E-state index in [1.54, 1.807) is 37.0 Å². The first-order valence-corrected chi connectivity index (χ1v) is 6.21. The second-order valence-corrected chi connectivity index (χ2v) is 5.20. The maximum absolute atomic E-state index is 12.2. The van der Waals surface area contributed by atoms with Crippen molar-refractivity contribution >= 4 is 17.4 Å². The second kappa shape index (κ2) is 5.28. The smallest absolute Gasteiger partial charge is 0.303 e. The highest BCUT2D eigenvalue weighted by Crippen LogP contribution is 2.14. The van der Waals surface area contributed by atoms with Crippen molar-refractivity contribution in [3.05, 3.63) is 30.4 Å². The summed E-state index contributed by atoms with van der Waals surface area (Å²) in [5.74, 6) is -1.17. The van der Waals surface area contributed by atoms with Crippen molar-refractivity contribution in [3.8, 4) is 0 Å². The third-order valence-electron chi connectivity index (χ3n) is 2.99. The summed E-state index contributed by atoms with van der Waals surface area (Å²) in [7, 11) is 0. The summed E-state index contributed by atoms with van der Waals surface area (Å²) >= 11 is 0. The highest BCUT2D eigenvalue weighted by Gasteiger charge is 2.23. The number of aromatic nitrogens is 3. The zero-order valence-corrected chi connectivity index (χ0v) is 11.3. The van der Waals surface area contributed by atoms with Gasteiger partial charge in [0.05, 0.1) is 23.5 Å². The Morgan fingerprint density at radius 1 is 1.40 bits per heavy atom. The summed E-state index contributed by atoms with van der Waals surface area (Å²) in [6.45, 7) is 3.58. The largest absolute Gasteiger partial charge is 0.481 e. The van der Waals surface area contributed by atoms with E-state index in [9.17, 15) is 9.59 Å². The van der Waals surface area contributed by atoms with E-state index in [0.29, 0.717) is 17.5 Å². The number of carboxylic acids is 1. The minimum absolute atomic E-state index is 0.00357. The van der Waals surface area contributed by atoms with Crippen LogP contribution in [0.5, 0.6) is 0 Å². The molecule has 0 atom stereocenters. The molecular weight excluding hydrogens is 260 g/mol. The molecule has 2 heterocycles. The lowest BCUT2D eigenvalue weighted by atomic mass is 9.98. The number of hydrogen-bond donors (Lipinski definition) is 2. The average molecular weight is 276 g/mol. The molecule has 7 heteroatoms. The predicted molar refractivity (Wildman–Crippen MR) is 71.4 cm³/mol. The molecule has 20 heavy (non-hydrogen) atoms. The first-order chi connectivity index (χ1) is 9.39. The van der Waals surface area contributed by atoms with Crippen LogP contribution < -0.4 is 5.32 Å². The molecule has 7 nitrogen and oxygen atoms in total. The number of rotatable bonds is 5. The molecule has 0 fully saturated rings. The standard InChI is InChI=1S/C13H16N4O3/c1-13(2,4-3-11(18)19)16-12(20)9-7-15-17-6-5-14-8-10(9)17/h5-8H,3-4H2,1-2H3,(H,16,20)(H,18,19). The van der Waals surface area contributed by atoms with E-state index in [1.165, 1.54) is 6.20 Å². The second-order valence-electron chi connectivity index (χ2n) is 5.20. The number of fused-ring (bicyclic) bond motifs is 1. The number of hydrogen-bond acceptors (Lipinski definition) is 4. The molecule has 0 saturated heterocycles. The van der Waals surface area contributed by atoms with E-state index in [0.717, 1.165) is 0 Å². The first kappa shape index (κ1) is 14.0. The number of carbonyl (C=O) groups excluding carboxylic acids is 1. The van der Waals surface area contributed by atoms with Gasteiger partial charge in [0, 0.05) is 24.4 Å². The fourth-order valence-electron chi connectivity index (χ4n) is 1.87. The lowest BCUT2D eigenvalue weighted by molar-refractivity contribution is -0.137. The number of nitrogens with zero attached hydrogens (tertiary/aromatic N) is 3. The quantitative estimate of drug-likeness (QED) is 0.852. The van der Waals surface area contributed by atoms with E-state index in [4.69, 9.17) is 5.11 Å². The Kier molecular flexibility index (Phi) is 3.69. The van der Waals surface area contributed by atoms with E-state index in [2.05, 4.69) is 15.4 Å². The number of carbonyl (C=O) groups is 2. The van der Waals surface area contributed by atoms with Crippen LogP contribution in [0.25, 0.3) is 5.52 Å². The summed E-state index contributed by atoms with van der Waals surface area (Å²) in [5, 5.41) is 15.6. The van der Waals surface area contributed by atoms with E-state index in [1.807, 2.05) is 0 Å². The van der Waals surface area contributed by atoms with Crippen LogP contribution >= 0.6 is 0 Å². The van der Waals surface area contributed by atoms with Gasteiger partial charge < -0.3 is 10.4 Å². The van der Waals surface area contributed by atoms with E-state index < -0.39 is 11.5 Å². The number of amides is 1. The summed E-state index contributed by atoms with van der Waals surface area (Å²) in [4.78, 5) is 26.8.